The summed E-state index contributed by atoms with van der Waals surface area (Å²) in [7, 11) is 0. The van der Waals surface area contributed by atoms with E-state index in [0.717, 1.165) is 6.08 Å². The zero-order chi connectivity index (χ0) is 12.2. The van der Waals surface area contributed by atoms with Crippen LogP contribution >= 0.6 is 0 Å². The lowest BCUT2D eigenvalue weighted by atomic mass is 10.1. The third kappa shape index (κ3) is 3.42. The molecule has 1 aromatic rings. The Balaban J connectivity index is 2.62. The van der Waals surface area contributed by atoms with Crippen LogP contribution in [0.3, 0.4) is 0 Å². The first-order valence-corrected chi connectivity index (χ1v) is 4.45. The van der Waals surface area contributed by atoms with Crippen molar-refractivity contribution < 1.29 is 23.1 Å². The predicted molar refractivity (Wildman–Crippen MR) is 52.6 cm³/mol. The van der Waals surface area contributed by atoms with E-state index in [9.17, 15) is 18.0 Å². The van der Waals surface area contributed by atoms with E-state index in [1.54, 1.807) is 0 Å². The second-order valence-corrected chi connectivity index (χ2v) is 3.17. The Hall–Kier alpha value is -1.78. The topological polar surface area (TPSA) is 37.3 Å². The lowest BCUT2D eigenvalue weighted by molar-refractivity contribution is -0.164. The Kier molecular flexibility index (Phi) is 3.71. The van der Waals surface area contributed by atoms with E-state index in [2.05, 4.69) is 0 Å². The summed E-state index contributed by atoms with van der Waals surface area (Å²) < 4.78 is 37.7. The van der Waals surface area contributed by atoms with Gasteiger partial charge in [-0.05, 0) is 17.7 Å². The third-order valence-corrected chi connectivity index (χ3v) is 1.87. The Labute approximate surface area is 90.0 Å². The number of carboxylic acid groups (broad SMARTS) is 1. The van der Waals surface area contributed by atoms with Crippen molar-refractivity contribution in [2.75, 3.05) is 0 Å². The summed E-state index contributed by atoms with van der Waals surface area (Å²) in [6, 6.07) is 5.19. The number of hydrogen-bond donors (Lipinski definition) is 1. The Morgan fingerprint density at radius 2 is 1.88 bits per heavy atom. The summed E-state index contributed by atoms with van der Waals surface area (Å²) in [5.41, 5.74) is 0.530. The highest BCUT2D eigenvalue weighted by molar-refractivity contribution is 5.75. The monoisotopic (exact) mass is 230 g/mol. The molecule has 1 aromatic carbocycles. The van der Waals surface area contributed by atoms with Gasteiger partial charge in [-0.3, -0.25) is 0 Å². The van der Waals surface area contributed by atoms with Crippen LogP contribution in [0.2, 0.25) is 0 Å². The van der Waals surface area contributed by atoms with Gasteiger partial charge in [0.15, 0.2) is 0 Å². The average Bonchev–Trinajstić information content (AvgIpc) is 2.20. The lowest BCUT2D eigenvalue weighted by Crippen LogP contribution is -2.26. The van der Waals surface area contributed by atoms with Crippen LogP contribution in [0.15, 0.2) is 30.3 Å². The molecule has 0 radical (unpaired) electrons. The van der Waals surface area contributed by atoms with E-state index in [1.165, 1.54) is 30.3 Å². The van der Waals surface area contributed by atoms with Gasteiger partial charge in [0, 0.05) is 6.42 Å². The summed E-state index contributed by atoms with van der Waals surface area (Å²) in [5.74, 6) is -6.35. The second kappa shape index (κ2) is 4.83. The molecular weight excluding hydrogens is 221 g/mol. The van der Waals surface area contributed by atoms with Gasteiger partial charge in [0.2, 0.25) is 0 Å². The van der Waals surface area contributed by atoms with Gasteiger partial charge in [-0.25, -0.2) is 9.18 Å². The fourth-order valence-electron chi connectivity index (χ4n) is 1.00. The Morgan fingerprint density at radius 1 is 1.31 bits per heavy atom. The number of hydrogen-bond acceptors (Lipinski definition) is 1. The van der Waals surface area contributed by atoms with E-state index in [0.29, 0.717) is 5.56 Å². The van der Waals surface area contributed by atoms with Crippen molar-refractivity contribution in [2.45, 2.75) is 12.3 Å². The van der Waals surface area contributed by atoms with Crippen molar-refractivity contribution in [1.29, 1.82) is 0 Å². The Bertz CT molecular complexity index is 396. The van der Waals surface area contributed by atoms with Gasteiger partial charge in [-0.2, -0.15) is 8.78 Å². The van der Waals surface area contributed by atoms with Gasteiger partial charge < -0.3 is 5.11 Å². The summed E-state index contributed by atoms with van der Waals surface area (Å²) in [6.07, 6.45) is 1.47. The lowest BCUT2D eigenvalue weighted by Gasteiger charge is -2.06. The van der Waals surface area contributed by atoms with Crippen LogP contribution in [0, 0.1) is 5.82 Å². The molecule has 0 heterocycles. The highest BCUT2D eigenvalue weighted by Crippen LogP contribution is 2.19. The van der Waals surface area contributed by atoms with Gasteiger partial charge in [0.25, 0.3) is 0 Å². The maximum atomic E-state index is 12.6. The van der Waals surface area contributed by atoms with E-state index in [-0.39, 0.29) is 0 Å². The molecule has 0 amide bonds. The van der Waals surface area contributed by atoms with Crippen molar-refractivity contribution in [2.24, 2.45) is 0 Å². The van der Waals surface area contributed by atoms with Crippen molar-refractivity contribution in [1.82, 2.24) is 0 Å². The van der Waals surface area contributed by atoms with Gasteiger partial charge in [0.05, 0.1) is 0 Å². The zero-order valence-corrected chi connectivity index (χ0v) is 8.16. The number of allylic oxidation sites excluding steroid dienone is 1. The summed E-state index contributed by atoms with van der Waals surface area (Å²) >= 11 is 0. The van der Waals surface area contributed by atoms with E-state index >= 15 is 0 Å². The number of halogens is 3. The van der Waals surface area contributed by atoms with E-state index < -0.39 is 24.1 Å². The summed E-state index contributed by atoms with van der Waals surface area (Å²) in [5, 5.41) is 8.14. The average molecular weight is 230 g/mol. The van der Waals surface area contributed by atoms with Crippen molar-refractivity contribution in [3.63, 3.8) is 0 Å². The molecule has 5 heteroatoms. The van der Waals surface area contributed by atoms with Crippen LogP contribution in [0.1, 0.15) is 12.0 Å². The standard InChI is InChI=1S/C11H9F3O2/c12-9-5-3-8(4-6-9)2-1-7-11(13,14)10(15)16/h1-6H,7H2,(H,15,16)/b2-1+. The maximum absolute atomic E-state index is 12.6. The molecule has 0 saturated carbocycles. The van der Waals surface area contributed by atoms with Crippen LogP contribution in [0.25, 0.3) is 6.08 Å². The SMILES string of the molecule is O=C(O)C(F)(F)C/C=C/c1ccc(F)cc1. The molecule has 0 aliphatic rings. The van der Waals surface area contributed by atoms with E-state index in [4.69, 9.17) is 5.11 Å². The third-order valence-electron chi connectivity index (χ3n) is 1.87. The first-order chi connectivity index (χ1) is 7.42. The van der Waals surface area contributed by atoms with Crippen LogP contribution in [-0.4, -0.2) is 17.0 Å². The van der Waals surface area contributed by atoms with Gasteiger partial charge in [-0.1, -0.05) is 24.3 Å². The highest BCUT2D eigenvalue weighted by Gasteiger charge is 2.36. The quantitative estimate of drug-likeness (QED) is 0.863. The highest BCUT2D eigenvalue weighted by atomic mass is 19.3. The van der Waals surface area contributed by atoms with Crippen molar-refractivity contribution in [3.8, 4) is 0 Å². The van der Waals surface area contributed by atoms with Crippen LogP contribution in [-0.2, 0) is 4.79 Å². The molecule has 1 rings (SSSR count). The summed E-state index contributed by atoms with van der Waals surface area (Å²) in [6.45, 7) is 0. The largest absolute Gasteiger partial charge is 0.477 e. The molecule has 0 spiro atoms. The number of carboxylic acids is 1. The molecule has 0 unspecified atom stereocenters. The molecule has 2 nitrogen and oxygen atoms in total. The van der Waals surface area contributed by atoms with Gasteiger partial charge >= 0.3 is 11.9 Å². The minimum atomic E-state index is -3.77. The molecule has 0 saturated heterocycles. The molecule has 1 N–H and O–H groups in total. The number of aliphatic carboxylic acids is 1. The molecule has 0 atom stereocenters. The molecule has 16 heavy (non-hydrogen) atoms. The molecule has 0 aromatic heterocycles. The van der Waals surface area contributed by atoms with Gasteiger partial charge in [-0.15, -0.1) is 0 Å². The second-order valence-electron chi connectivity index (χ2n) is 3.17. The molecule has 0 fully saturated rings. The van der Waals surface area contributed by atoms with Crippen molar-refractivity contribution in [3.05, 3.63) is 41.7 Å². The number of rotatable bonds is 4. The predicted octanol–water partition coefficient (Wildman–Crippen LogP) is 2.95. The zero-order valence-electron chi connectivity index (χ0n) is 8.16. The fourth-order valence-corrected chi connectivity index (χ4v) is 1.00. The van der Waals surface area contributed by atoms with E-state index in [1.807, 2.05) is 0 Å². The number of carbonyl (C=O) groups is 1. The minimum absolute atomic E-state index is 0.423. The number of alkyl halides is 2. The smallest absolute Gasteiger partial charge is 0.374 e. The molecular formula is C11H9F3O2. The van der Waals surface area contributed by atoms with Crippen molar-refractivity contribution >= 4 is 12.0 Å². The molecule has 0 aliphatic heterocycles. The van der Waals surface area contributed by atoms with Crippen LogP contribution in [0.5, 0.6) is 0 Å². The normalized spacial score (nSPS) is 11.9. The molecule has 0 bridgehead atoms. The first kappa shape index (κ1) is 12.3. The Morgan fingerprint density at radius 3 is 2.38 bits per heavy atom. The van der Waals surface area contributed by atoms with Gasteiger partial charge in [0.1, 0.15) is 5.82 Å². The van der Waals surface area contributed by atoms with Crippen LogP contribution < -0.4 is 0 Å². The fraction of sp³-hybridized carbons (Fsp3) is 0.182. The van der Waals surface area contributed by atoms with Crippen LogP contribution in [0.4, 0.5) is 13.2 Å². The first-order valence-electron chi connectivity index (χ1n) is 4.45. The summed E-state index contributed by atoms with van der Waals surface area (Å²) in [4.78, 5) is 10.1. The minimum Gasteiger partial charge on any atom is -0.477 e. The molecule has 0 aliphatic carbocycles. The molecule has 86 valence electrons. The number of benzene rings is 1. The maximum Gasteiger partial charge on any atom is 0.374 e.